The molecule has 1 heterocycles. The molecule has 4 N–H and O–H groups in total. The Bertz CT molecular complexity index is 556. The van der Waals surface area contributed by atoms with Crippen molar-refractivity contribution in [2.75, 3.05) is 18.5 Å². The molecule has 1 saturated heterocycles. The third-order valence-electron chi connectivity index (χ3n) is 4.14. The van der Waals surface area contributed by atoms with E-state index in [1.807, 2.05) is 0 Å². The smallest absolute Gasteiger partial charge is 0.253 e. The van der Waals surface area contributed by atoms with Crippen LogP contribution >= 0.6 is 0 Å². The molecule has 0 spiro atoms. The van der Waals surface area contributed by atoms with Gasteiger partial charge in [-0.1, -0.05) is 25.8 Å². The number of unbranched alkanes of at least 4 members (excludes halogenated alkanes) is 1. The summed E-state index contributed by atoms with van der Waals surface area (Å²) < 4.78 is 5.36. The topological polar surface area (TPSA) is 93.5 Å². The van der Waals surface area contributed by atoms with Crippen molar-refractivity contribution in [1.82, 2.24) is 5.32 Å². The molecule has 2 rings (SSSR count). The zero-order chi connectivity index (χ0) is 17.4. The van der Waals surface area contributed by atoms with Gasteiger partial charge in [-0.25, -0.2) is 0 Å². The second kappa shape index (κ2) is 9.39. The molecule has 1 aromatic carbocycles. The molecular formula is C18H27N3O3. The highest BCUT2D eigenvalue weighted by Crippen LogP contribution is 2.16. The van der Waals surface area contributed by atoms with Crippen molar-refractivity contribution in [2.24, 2.45) is 5.73 Å². The average Bonchev–Trinajstić information content (AvgIpc) is 3.13. The monoisotopic (exact) mass is 333 g/mol. The molecule has 132 valence electrons. The number of hydrogen-bond donors (Lipinski definition) is 3. The van der Waals surface area contributed by atoms with Gasteiger partial charge in [0.05, 0.1) is 0 Å². The number of carbonyl (C=O) groups excluding carboxylic acids is 2. The molecule has 1 fully saturated rings. The Hall–Kier alpha value is -1.92. The Morgan fingerprint density at radius 1 is 1.42 bits per heavy atom. The van der Waals surface area contributed by atoms with E-state index in [0.29, 0.717) is 24.4 Å². The molecule has 1 aromatic rings. The van der Waals surface area contributed by atoms with E-state index in [-0.39, 0.29) is 17.9 Å². The molecule has 0 bridgehead atoms. The summed E-state index contributed by atoms with van der Waals surface area (Å²) in [5, 5.41) is 5.76. The molecule has 0 aromatic heterocycles. The number of hydrogen-bond acceptors (Lipinski definition) is 4. The fourth-order valence-electron chi connectivity index (χ4n) is 2.71. The third kappa shape index (κ3) is 5.32. The summed E-state index contributed by atoms with van der Waals surface area (Å²) in [5.41, 5.74) is 6.83. The first-order valence-electron chi connectivity index (χ1n) is 8.67. The normalized spacial score (nSPS) is 18.2. The lowest BCUT2D eigenvalue weighted by atomic mass is 10.1. The van der Waals surface area contributed by atoms with Crippen LogP contribution in [0.5, 0.6) is 0 Å². The predicted molar refractivity (Wildman–Crippen MR) is 93.9 cm³/mol. The fraction of sp³-hybridized carbons (Fsp3) is 0.556. The fourth-order valence-corrected chi connectivity index (χ4v) is 2.71. The standard InChI is InChI=1S/C18H27N3O3/c1-2-3-7-15(12-19)21-17(22)13-6-4-8-14(11-13)20-18(23)16-9-5-10-24-16/h4,6,8,11,15-16H,2-3,5,7,9-10,12,19H2,1H3,(H,20,23)(H,21,22). The van der Waals surface area contributed by atoms with Gasteiger partial charge < -0.3 is 21.1 Å². The van der Waals surface area contributed by atoms with Crippen LogP contribution in [0.25, 0.3) is 0 Å². The molecule has 6 heteroatoms. The van der Waals surface area contributed by atoms with Crippen molar-refractivity contribution in [1.29, 1.82) is 0 Å². The first-order chi connectivity index (χ1) is 11.6. The number of anilines is 1. The van der Waals surface area contributed by atoms with Gasteiger partial charge in [0.2, 0.25) is 0 Å². The Labute approximate surface area is 143 Å². The van der Waals surface area contributed by atoms with Crippen LogP contribution in [0.2, 0.25) is 0 Å². The highest BCUT2D eigenvalue weighted by atomic mass is 16.5. The number of nitrogens with one attached hydrogen (secondary N) is 2. The summed E-state index contributed by atoms with van der Waals surface area (Å²) in [6, 6.07) is 6.90. The number of benzene rings is 1. The van der Waals surface area contributed by atoms with Gasteiger partial charge in [-0.15, -0.1) is 0 Å². The van der Waals surface area contributed by atoms with Crippen LogP contribution in [-0.2, 0) is 9.53 Å². The molecule has 1 aliphatic heterocycles. The lowest BCUT2D eigenvalue weighted by Crippen LogP contribution is -2.40. The van der Waals surface area contributed by atoms with Crippen molar-refractivity contribution in [2.45, 2.75) is 51.2 Å². The van der Waals surface area contributed by atoms with Gasteiger partial charge in [-0.3, -0.25) is 9.59 Å². The minimum atomic E-state index is -0.391. The second-order valence-corrected chi connectivity index (χ2v) is 6.12. The van der Waals surface area contributed by atoms with Crippen molar-refractivity contribution < 1.29 is 14.3 Å². The number of ether oxygens (including phenoxy) is 1. The van der Waals surface area contributed by atoms with Crippen LogP contribution in [0, 0.1) is 0 Å². The highest BCUT2D eigenvalue weighted by Gasteiger charge is 2.23. The Morgan fingerprint density at radius 2 is 2.25 bits per heavy atom. The van der Waals surface area contributed by atoms with Crippen LogP contribution in [0.3, 0.4) is 0 Å². The highest BCUT2D eigenvalue weighted by molar-refractivity contribution is 5.98. The predicted octanol–water partition coefficient (Wildman–Crippen LogP) is 2.05. The summed E-state index contributed by atoms with van der Waals surface area (Å²) in [5.74, 6) is -0.331. The van der Waals surface area contributed by atoms with Crippen molar-refractivity contribution in [3.8, 4) is 0 Å². The summed E-state index contributed by atoms with van der Waals surface area (Å²) in [4.78, 5) is 24.5. The first kappa shape index (κ1) is 18.4. The van der Waals surface area contributed by atoms with Crippen LogP contribution in [0.15, 0.2) is 24.3 Å². The van der Waals surface area contributed by atoms with Gasteiger partial charge in [0.15, 0.2) is 0 Å². The van der Waals surface area contributed by atoms with E-state index in [4.69, 9.17) is 10.5 Å². The van der Waals surface area contributed by atoms with E-state index < -0.39 is 6.10 Å². The largest absolute Gasteiger partial charge is 0.368 e. The second-order valence-electron chi connectivity index (χ2n) is 6.12. The summed E-state index contributed by atoms with van der Waals surface area (Å²) in [6.07, 6.45) is 4.21. The van der Waals surface area contributed by atoms with Gasteiger partial charge >= 0.3 is 0 Å². The average molecular weight is 333 g/mol. The Morgan fingerprint density at radius 3 is 2.92 bits per heavy atom. The van der Waals surface area contributed by atoms with E-state index in [1.165, 1.54) is 0 Å². The molecule has 2 atom stereocenters. The van der Waals surface area contributed by atoms with Gasteiger partial charge in [-0.05, 0) is 37.5 Å². The van der Waals surface area contributed by atoms with Crippen LogP contribution < -0.4 is 16.4 Å². The Balaban J connectivity index is 1.95. The molecule has 2 amide bonds. The van der Waals surface area contributed by atoms with E-state index >= 15 is 0 Å². The molecule has 0 radical (unpaired) electrons. The summed E-state index contributed by atoms with van der Waals surface area (Å²) in [6.45, 7) is 3.15. The third-order valence-corrected chi connectivity index (χ3v) is 4.14. The zero-order valence-corrected chi connectivity index (χ0v) is 14.2. The lowest BCUT2D eigenvalue weighted by Gasteiger charge is -2.17. The molecule has 1 aliphatic rings. The maximum absolute atomic E-state index is 12.4. The number of amides is 2. The van der Waals surface area contributed by atoms with Gasteiger partial charge in [0.25, 0.3) is 11.8 Å². The maximum atomic E-state index is 12.4. The number of nitrogens with two attached hydrogens (primary N) is 1. The minimum absolute atomic E-state index is 0.0254. The van der Waals surface area contributed by atoms with Gasteiger partial charge in [0, 0.05) is 30.4 Å². The van der Waals surface area contributed by atoms with Crippen molar-refractivity contribution >= 4 is 17.5 Å². The molecule has 24 heavy (non-hydrogen) atoms. The quantitative estimate of drug-likeness (QED) is 0.679. The van der Waals surface area contributed by atoms with Gasteiger partial charge in [-0.2, -0.15) is 0 Å². The lowest BCUT2D eigenvalue weighted by molar-refractivity contribution is -0.124. The SMILES string of the molecule is CCCCC(CN)NC(=O)c1cccc(NC(=O)C2CCCO2)c1. The van der Waals surface area contributed by atoms with Crippen LogP contribution in [-0.4, -0.2) is 37.1 Å². The van der Waals surface area contributed by atoms with E-state index in [0.717, 1.165) is 32.1 Å². The van der Waals surface area contributed by atoms with Crippen LogP contribution in [0.1, 0.15) is 49.4 Å². The first-order valence-corrected chi connectivity index (χ1v) is 8.67. The van der Waals surface area contributed by atoms with Crippen molar-refractivity contribution in [3.05, 3.63) is 29.8 Å². The molecule has 0 saturated carbocycles. The molecule has 0 aliphatic carbocycles. The summed E-state index contributed by atoms with van der Waals surface area (Å²) in [7, 11) is 0. The zero-order valence-electron chi connectivity index (χ0n) is 14.2. The van der Waals surface area contributed by atoms with E-state index in [1.54, 1.807) is 24.3 Å². The molecule has 2 unspecified atom stereocenters. The molecular weight excluding hydrogens is 306 g/mol. The number of rotatable bonds is 8. The van der Waals surface area contributed by atoms with E-state index in [9.17, 15) is 9.59 Å². The summed E-state index contributed by atoms with van der Waals surface area (Å²) >= 11 is 0. The van der Waals surface area contributed by atoms with Crippen LogP contribution in [0.4, 0.5) is 5.69 Å². The number of carbonyl (C=O) groups is 2. The van der Waals surface area contributed by atoms with Crippen molar-refractivity contribution in [3.63, 3.8) is 0 Å². The maximum Gasteiger partial charge on any atom is 0.253 e. The minimum Gasteiger partial charge on any atom is -0.368 e. The van der Waals surface area contributed by atoms with E-state index in [2.05, 4.69) is 17.6 Å². The Kier molecular flexibility index (Phi) is 7.21. The van der Waals surface area contributed by atoms with Gasteiger partial charge in [0.1, 0.15) is 6.10 Å². The molecule has 6 nitrogen and oxygen atoms in total.